The van der Waals surface area contributed by atoms with Gasteiger partial charge in [0.15, 0.2) is 0 Å². The van der Waals surface area contributed by atoms with E-state index in [1.165, 1.54) is 11.1 Å². The fraction of sp³-hybridized carbons (Fsp3) is 0.667. The topological polar surface area (TPSA) is 99.2 Å². The van der Waals surface area contributed by atoms with Crippen LogP contribution in [0.15, 0.2) is 36.4 Å². The van der Waals surface area contributed by atoms with Gasteiger partial charge in [-0.05, 0) is 149 Å². The Morgan fingerprint density at radius 2 is 1.76 bits per heavy atom. The monoisotopic (exact) mass is 711 g/mol. The summed E-state index contributed by atoms with van der Waals surface area (Å²) in [4.78, 5) is 18.4. The summed E-state index contributed by atoms with van der Waals surface area (Å²) in [5, 5.41) is 13.0. The molecule has 2 bridgehead atoms. The Balaban J connectivity index is 1.33. The number of piperidine rings is 1. The fourth-order valence-electron chi connectivity index (χ4n) is 10.2. The van der Waals surface area contributed by atoms with Crippen LogP contribution in [0.3, 0.4) is 0 Å². The summed E-state index contributed by atoms with van der Waals surface area (Å²) < 4.78 is 36.1. The molecule has 2 fully saturated rings. The molecule has 7 rings (SSSR count). The number of aryl methyl sites for hydroxylation is 1. The van der Waals surface area contributed by atoms with Crippen LogP contribution in [0.5, 0.6) is 5.75 Å². The predicted octanol–water partition coefficient (Wildman–Crippen LogP) is 6.57. The van der Waals surface area contributed by atoms with Gasteiger partial charge in [-0.25, -0.2) is 13.1 Å². The number of likely N-dealkylation sites (tertiary alicyclic amines) is 1. The summed E-state index contributed by atoms with van der Waals surface area (Å²) in [5.74, 6) is 0.231. The lowest BCUT2D eigenvalue weighted by Gasteiger charge is -2.59. The molecule has 1 saturated carbocycles. The lowest BCUT2D eigenvalue weighted by molar-refractivity contribution is -0.168. The number of ether oxygens (including phenoxy) is 1. The van der Waals surface area contributed by atoms with Gasteiger partial charge in [0.1, 0.15) is 5.75 Å². The Bertz CT molecular complexity index is 1700. The number of aliphatic hydroxyl groups is 1. The van der Waals surface area contributed by atoms with E-state index in [9.17, 15) is 18.3 Å². The van der Waals surface area contributed by atoms with Crippen molar-refractivity contribution in [2.75, 3.05) is 44.7 Å². The van der Waals surface area contributed by atoms with E-state index in [1.54, 1.807) is 13.0 Å². The number of anilines is 1. The number of halogens is 1. The third-order valence-corrected chi connectivity index (χ3v) is 15.6. The smallest absolute Gasteiger partial charge is 0.264 e. The highest BCUT2D eigenvalue weighted by molar-refractivity contribution is 7.90. The third kappa shape index (κ3) is 6.40. The molecule has 3 aliphatic heterocycles. The van der Waals surface area contributed by atoms with Crippen LogP contribution in [0.1, 0.15) is 100 Å². The van der Waals surface area contributed by atoms with Crippen LogP contribution in [-0.2, 0) is 21.9 Å². The molecule has 2 aromatic rings. The number of nitrogens with zero attached hydrogens (tertiary/aromatic N) is 2. The maximum atomic E-state index is 13.6. The first-order valence-corrected chi connectivity index (χ1v) is 20.4. The van der Waals surface area contributed by atoms with Crippen LogP contribution in [0.25, 0.3) is 0 Å². The molecule has 268 valence electrons. The number of hydrogen-bond acceptors (Lipinski definition) is 7. The zero-order valence-corrected chi connectivity index (χ0v) is 31.2. The standard InChI is InChI=1S/C39H54ClN3O5S/c1-26-7-5-17-39(45,30-14-19-42(4)20-15-30)35-13-18-37(35,3)23-43-24-38(16-6-8-28-21-31(40)10-11-32(28)38)25-48-34-12-9-29(22-33(34)43)36(44)41-49(46,47)27(26)2/h9-12,21-22,26-27,30,35,45H,5-8,13-20,23-25H2,1-4H3,(H,41,44)/t26-,27+,35+,37-,38-,39+/m0/s1. The van der Waals surface area contributed by atoms with Gasteiger partial charge in [-0.15, -0.1) is 0 Å². The van der Waals surface area contributed by atoms with Crippen LogP contribution >= 0.6 is 11.6 Å². The highest BCUT2D eigenvalue weighted by atomic mass is 35.5. The highest BCUT2D eigenvalue weighted by Crippen LogP contribution is 2.58. The SMILES string of the molecule is C[C@@H]1[C@@H](C)CCC[C@@](O)(C2CCN(C)CC2)[C@@H]2CC[C@@]2(C)CN2C[C@@]3(CCCc4cc(Cl)ccc43)COc3ccc(cc32)C(=O)NS1(=O)=O. The number of hydrogen-bond donors (Lipinski definition) is 2. The number of carbonyl (C=O) groups excluding carboxylic acids is 1. The summed E-state index contributed by atoms with van der Waals surface area (Å²) in [5.41, 5.74) is 2.37. The minimum Gasteiger partial charge on any atom is -0.490 e. The van der Waals surface area contributed by atoms with Gasteiger partial charge in [-0.3, -0.25) is 4.79 Å². The van der Waals surface area contributed by atoms with E-state index in [2.05, 4.69) is 40.6 Å². The van der Waals surface area contributed by atoms with Crippen molar-refractivity contribution in [3.05, 3.63) is 58.1 Å². The van der Waals surface area contributed by atoms with E-state index < -0.39 is 26.8 Å². The second-order valence-corrected chi connectivity index (χ2v) is 19.1. The fourth-order valence-corrected chi connectivity index (χ4v) is 11.7. The Labute approximate surface area is 298 Å². The maximum absolute atomic E-state index is 13.6. The molecule has 1 amide bonds. The highest BCUT2D eigenvalue weighted by Gasteiger charge is 2.57. The van der Waals surface area contributed by atoms with Crippen molar-refractivity contribution in [3.8, 4) is 5.75 Å². The lowest BCUT2D eigenvalue weighted by atomic mass is 9.50. The zero-order valence-electron chi connectivity index (χ0n) is 29.6. The van der Waals surface area contributed by atoms with Gasteiger partial charge >= 0.3 is 0 Å². The van der Waals surface area contributed by atoms with Gasteiger partial charge in [-0.1, -0.05) is 37.9 Å². The second kappa shape index (κ2) is 13.0. The molecule has 1 saturated heterocycles. The molecule has 5 aliphatic rings. The number of carbonyl (C=O) groups is 1. The van der Waals surface area contributed by atoms with Crippen LogP contribution in [0, 0.1) is 23.2 Å². The van der Waals surface area contributed by atoms with Crippen LogP contribution in [0.4, 0.5) is 5.69 Å². The number of sulfonamides is 1. The van der Waals surface area contributed by atoms with E-state index >= 15 is 0 Å². The number of amides is 1. The number of nitrogens with one attached hydrogen (secondary N) is 1. The molecule has 8 nitrogen and oxygen atoms in total. The zero-order chi connectivity index (χ0) is 34.8. The summed E-state index contributed by atoms with van der Waals surface area (Å²) in [6.45, 7) is 9.87. The van der Waals surface area contributed by atoms with Gasteiger partial charge in [-0.2, -0.15) is 0 Å². The van der Waals surface area contributed by atoms with E-state index in [1.807, 2.05) is 25.1 Å². The number of fused-ring (bicyclic) bond motifs is 4. The van der Waals surface area contributed by atoms with Gasteiger partial charge in [0.25, 0.3) is 5.91 Å². The lowest BCUT2D eigenvalue weighted by Crippen LogP contribution is -2.61. The summed E-state index contributed by atoms with van der Waals surface area (Å²) >= 11 is 6.48. The van der Waals surface area contributed by atoms with Crippen molar-refractivity contribution in [2.24, 2.45) is 23.2 Å². The molecule has 3 heterocycles. The van der Waals surface area contributed by atoms with Crippen molar-refractivity contribution in [1.29, 1.82) is 0 Å². The quantitative estimate of drug-likeness (QED) is 0.345. The van der Waals surface area contributed by atoms with Gasteiger partial charge in [0.2, 0.25) is 10.0 Å². The molecule has 6 atom stereocenters. The molecule has 2 aromatic carbocycles. The van der Waals surface area contributed by atoms with Gasteiger partial charge in [0, 0.05) is 29.1 Å². The molecule has 2 aliphatic carbocycles. The summed E-state index contributed by atoms with van der Waals surface area (Å²) in [6.07, 6.45) is 8.98. The summed E-state index contributed by atoms with van der Waals surface area (Å²) in [6, 6.07) is 11.6. The minimum absolute atomic E-state index is 0.116. The number of benzene rings is 2. The van der Waals surface area contributed by atoms with Crippen molar-refractivity contribution < 1.29 is 23.1 Å². The largest absolute Gasteiger partial charge is 0.490 e. The molecule has 1 spiro atoms. The molecule has 49 heavy (non-hydrogen) atoms. The van der Waals surface area contributed by atoms with Crippen LogP contribution in [-0.4, -0.2) is 75.0 Å². The first kappa shape index (κ1) is 35.1. The minimum atomic E-state index is -3.93. The van der Waals surface area contributed by atoms with Crippen molar-refractivity contribution in [1.82, 2.24) is 9.62 Å². The van der Waals surface area contributed by atoms with E-state index in [0.29, 0.717) is 43.9 Å². The Morgan fingerprint density at radius 1 is 0.980 bits per heavy atom. The molecule has 0 radical (unpaired) electrons. The van der Waals surface area contributed by atoms with Crippen LogP contribution in [0.2, 0.25) is 5.02 Å². The molecular formula is C39H54ClN3O5S. The van der Waals surface area contributed by atoms with Crippen molar-refractivity contribution in [3.63, 3.8) is 0 Å². The van der Waals surface area contributed by atoms with Crippen molar-refractivity contribution in [2.45, 2.75) is 101 Å². The first-order chi connectivity index (χ1) is 23.2. The normalized spacial score (nSPS) is 35.7. The third-order valence-electron chi connectivity index (χ3n) is 13.5. The van der Waals surface area contributed by atoms with Gasteiger partial charge < -0.3 is 19.6 Å². The average molecular weight is 712 g/mol. The molecule has 2 N–H and O–H groups in total. The Hall–Kier alpha value is -2.33. The Morgan fingerprint density at radius 3 is 2.49 bits per heavy atom. The predicted molar refractivity (Wildman–Crippen MR) is 195 cm³/mol. The summed E-state index contributed by atoms with van der Waals surface area (Å²) in [7, 11) is -1.77. The van der Waals surface area contributed by atoms with Gasteiger partial charge in [0.05, 0.1) is 23.1 Å². The van der Waals surface area contributed by atoms with E-state index in [0.717, 1.165) is 75.2 Å². The maximum Gasteiger partial charge on any atom is 0.264 e. The van der Waals surface area contributed by atoms with Crippen molar-refractivity contribution >= 4 is 33.2 Å². The van der Waals surface area contributed by atoms with Crippen LogP contribution < -0.4 is 14.4 Å². The average Bonchev–Trinajstić information content (AvgIpc) is 3.20. The molecule has 0 unspecified atom stereocenters. The Kier molecular flexibility index (Phi) is 9.32. The molecule has 0 aromatic heterocycles. The molecule has 10 heteroatoms. The van der Waals surface area contributed by atoms with E-state index in [4.69, 9.17) is 16.3 Å². The number of rotatable bonds is 1. The molecular weight excluding hydrogens is 658 g/mol. The van der Waals surface area contributed by atoms with E-state index in [-0.39, 0.29) is 28.6 Å². The first-order valence-electron chi connectivity index (χ1n) is 18.5. The second-order valence-electron chi connectivity index (χ2n) is 16.6.